The molecule has 0 aliphatic carbocycles. The fourth-order valence-corrected chi connectivity index (χ4v) is 4.08. The first-order valence-electron chi connectivity index (χ1n) is 11.6. The van der Waals surface area contributed by atoms with Gasteiger partial charge in [0.05, 0.1) is 26.1 Å². The lowest BCUT2D eigenvalue weighted by atomic mass is 10.1. The van der Waals surface area contributed by atoms with Crippen LogP contribution in [0.5, 0.6) is 0 Å². The molecule has 1 aliphatic heterocycles. The molecule has 3 heterocycles. The molecule has 9 nitrogen and oxygen atoms in total. The van der Waals surface area contributed by atoms with E-state index in [0.29, 0.717) is 43.4 Å². The van der Waals surface area contributed by atoms with Crippen molar-refractivity contribution in [1.29, 1.82) is 0 Å². The van der Waals surface area contributed by atoms with Crippen LogP contribution in [0, 0.1) is 5.82 Å². The molecule has 4 rings (SSSR count). The summed E-state index contributed by atoms with van der Waals surface area (Å²) in [5.41, 5.74) is 5.05. The first kappa shape index (κ1) is 24.1. The molecule has 0 radical (unpaired) electrons. The van der Waals surface area contributed by atoms with E-state index in [1.165, 1.54) is 6.07 Å². The first-order valence-corrected chi connectivity index (χ1v) is 11.6. The summed E-state index contributed by atoms with van der Waals surface area (Å²) < 4.78 is 21.5. The van der Waals surface area contributed by atoms with Crippen LogP contribution < -0.4 is 10.4 Å². The lowest BCUT2D eigenvalue weighted by Gasteiger charge is -2.28. The molecule has 1 aliphatic rings. The minimum absolute atomic E-state index is 0.210. The molecule has 1 aromatic carbocycles. The Morgan fingerprint density at radius 2 is 1.94 bits per heavy atom. The van der Waals surface area contributed by atoms with Crippen molar-refractivity contribution in [3.05, 3.63) is 48.2 Å². The number of benzene rings is 1. The molecular formula is C24H31FN6O3. The molecule has 0 unspecified atom stereocenters. The fourth-order valence-electron chi connectivity index (χ4n) is 4.08. The van der Waals surface area contributed by atoms with E-state index in [9.17, 15) is 9.50 Å². The highest BCUT2D eigenvalue weighted by atomic mass is 19.1. The molecule has 3 aromatic rings. The summed E-state index contributed by atoms with van der Waals surface area (Å²) in [6.07, 6.45) is 6.53. The van der Waals surface area contributed by atoms with Crippen molar-refractivity contribution >= 4 is 17.0 Å². The minimum Gasteiger partial charge on any atom is -0.392 e. The van der Waals surface area contributed by atoms with Gasteiger partial charge < -0.3 is 19.3 Å². The lowest BCUT2D eigenvalue weighted by molar-refractivity contribution is 0.122. The van der Waals surface area contributed by atoms with Gasteiger partial charge in [0.1, 0.15) is 5.82 Å². The topological polar surface area (TPSA) is 109 Å². The van der Waals surface area contributed by atoms with E-state index < -0.39 is 12.4 Å². The van der Waals surface area contributed by atoms with Crippen molar-refractivity contribution in [2.45, 2.75) is 45.3 Å². The second kappa shape index (κ2) is 11.4. The predicted octanol–water partition coefficient (Wildman–Crippen LogP) is 3.40. The zero-order valence-electron chi connectivity index (χ0n) is 19.2. The van der Waals surface area contributed by atoms with E-state index in [2.05, 4.69) is 21.9 Å². The number of aryl methyl sites for hydroxylation is 1. The molecule has 1 saturated heterocycles. The number of hydrogen-bond donors (Lipinski definition) is 3. The molecule has 0 amide bonds. The van der Waals surface area contributed by atoms with Gasteiger partial charge in [-0.15, -0.1) is 0 Å². The average molecular weight is 471 g/mol. The van der Waals surface area contributed by atoms with Crippen LogP contribution in [0.25, 0.3) is 22.6 Å². The van der Waals surface area contributed by atoms with Gasteiger partial charge in [-0.05, 0) is 37.5 Å². The van der Waals surface area contributed by atoms with Crippen LogP contribution in [0.4, 0.5) is 10.2 Å². The Hall–Kier alpha value is -3.08. The summed E-state index contributed by atoms with van der Waals surface area (Å²) in [5, 5.41) is 18.3. The Labute approximate surface area is 197 Å². The van der Waals surface area contributed by atoms with Gasteiger partial charge in [0.15, 0.2) is 22.8 Å². The Balaban J connectivity index is 1.59. The van der Waals surface area contributed by atoms with Gasteiger partial charge >= 0.3 is 0 Å². The quantitative estimate of drug-likeness (QED) is 0.289. The van der Waals surface area contributed by atoms with E-state index >= 15 is 0 Å². The highest BCUT2D eigenvalue weighted by Crippen LogP contribution is 2.28. The average Bonchev–Trinajstić information content (AvgIpc) is 3.29. The largest absolute Gasteiger partial charge is 0.392 e. The van der Waals surface area contributed by atoms with Gasteiger partial charge in [-0.3, -0.25) is 10.7 Å². The number of aliphatic hydroxyl groups excluding tert-OH is 1. The van der Waals surface area contributed by atoms with E-state index in [1.54, 1.807) is 18.5 Å². The van der Waals surface area contributed by atoms with Crippen LogP contribution in [0.3, 0.4) is 0 Å². The summed E-state index contributed by atoms with van der Waals surface area (Å²) in [7, 11) is 0. The number of imidazole rings is 1. The molecule has 3 N–H and O–H groups in total. The zero-order chi connectivity index (χ0) is 23.9. The summed E-state index contributed by atoms with van der Waals surface area (Å²) in [4.78, 5) is 16.4. The smallest absolute Gasteiger partial charge is 0.166 e. The second-order valence-corrected chi connectivity index (χ2v) is 8.42. The number of anilines is 1. The minimum atomic E-state index is -0.455. The molecule has 10 heteroatoms. The number of halogens is 1. The number of fused-ring (bicyclic) bond motifs is 1. The van der Waals surface area contributed by atoms with Crippen molar-refractivity contribution < 1.29 is 19.4 Å². The van der Waals surface area contributed by atoms with Gasteiger partial charge in [-0.2, -0.15) is 0 Å². The normalized spacial score (nSPS) is 14.0. The summed E-state index contributed by atoms with van der Waals surface area (Å²) in [6.45, 7) is 6.74. The van der Waals surface area contributed by atoms with Gasteiger partial charge in [0.2, 0.25) is 0 Å². The summed E-state index contributed by atoms with van der Waals surface area (Å²) in [5.74, 6) is 0.761. The number of morpholine rings is 1. The maximum atomic E-state index is 14.0. The maximum absolute atomic E-state index is 14.0. The van der Waals surface area contributed by atoms with Crippen molar-refractivity contribution in [2.75, 3.05) is 31.2 Å². The van der Waals surface area contributed by atoms with Crippen molar-refractivity contribution in [3.63, 3.8) is 0 Å². The fraction of sp³-hybridized carbons (Fsp3) is 0.458. The number of nitrogens with zero attached hydrogens (tertiary/aromatic N) is 5. The van der Waals surface area contributed by atoms with Gasteiger partial charge in [0, 0.05) is 36.5 Å². The SMILES string of the molecule is C=C(CCCCCCn1cnc2c(N3CCOCC3)nc(-c3ccc(F)c(CO)c3)nc21)NO. The third-order valence-electron chi connectivity index (χ3n) is 6.02. The molecule has 34 heavy (non-hydrogen) atoms. The predicted molar refractivity (Wildman–Crippen MR) is 127 cm³/mol. The number of unbranched alkanes of at least 4 members (excludes halogenated alkanes) is 3. The lowest BCUT2D eigenvalue weighted by Crippen LogP contribution is -2.37. The van der Waals surface area contributed by atoms with Crippen molar-refractivity contribution in [3.8, 4) is 11.4 Å². The van der Waals surface area contributed by atoms with Crippen LogP contribution in [0.15, 0.2) is 36.8 Å². The number of hydrogen-bond acceptors (Lipinski definition) is 8. The van der Waals surface area contributed by atoms with Crippen LogP contribution >= 0.6 is 0 Å². The van der Waals surface area contributed by atoms with Gasteiger partial charge in [-0.25, -0.2) is 19.3 Å². The van der Waals surface area contributed by atoms with Gasteiger partial charge in [-0.1, -0.05) is 19.4 Å². The molecular weight excluding hydrogens is 439 g/mol. The number of hydroxylamine groups is 1. The van der Waals surface area contributed by atoms with E-state index in [-0.39, 0.29) is 5.56 Å². The standard InChI is InChI=1S/C24H31FN6O3/c1-17(29-33)6-4-2-3-5-9-31-16-26-21-23(30-10-12-34-13-11-30)27-22(28-24(21)31)18-7-8-20(25)19(14-18)15-32/h7-8,14,16,29,32-33H,1-6,9-13,15H2. The highest BCUT2D eigenvalue weighted by Gasteiger charge is 2.21. The van der Waals surface area contributed by atoms with Crippen LogP contribution in [0.2, 0.25) is 0 Å². The summed E-state index contributed by atoms with van der Waals surface area (Å²) >= 11 is 0. The van der Waals surface area contributed by atoms with E-state index in [0.717, 1.165) is 55.6 Å². The van der Waals surface area contributed by atoms with Crippen LogP contribution in [0.1, 0.15) is 37.7 Å². The van der Waals surface area contributed by atoms with Crippen LogP contribution in [-0.2, 0) is 17.9 Å². The third kappa shape index (κ3) is 5.52. The van der Waals surface area contributed by atoms with Gasteiger partial charge in [0.25, 0.3) is 0 Å². The number of ether oxygens (including phenoxy) is 1. The Morgan fingerprint density at radius 3 is 2.71 bits per heavy atom. The molecule has 2 aromatic heterocycles. The molecule has 182 valence electrons. The number of aromatic nitrogens is 4. The van der Waals surface area contributed by atoms with E-state index in [1.807, 2.05) is 4.57 Å². The van der Waals surface area contributed by atoms with Crippen molar-refractivity contribution in [2.24, 2.45) is 0 Å². The highest BCUT2D eigenvalue weighted by molar-refractivity contribution is 5.85. The molecule has 0 spiro atoms. The van der Waals surface area contributed by atoms with E-state index in [4.69, 9.17) is 19.9 Å². The molecule has 1 fully saturated rings. The summed E-state index contributed by atoms with van der Waals surface area (Å²) in [6, 6.07) is 4.56. The molecule has 0 bridgehead atoms. The first-order chi connectivity index (χ1) is 16.6. The monoisotopic (exact) mass is 470 g/mol. The van der Waals surface area contributed by atoms with Crippen molar-refractivity contribution in [1.82, 2.24) is 25.0 Å². The number of nitrogens with one attached hydrogen (secondary N) is 1. The number of aliphatic hydroxyl groups is 1. The third-order valence-corrected chi connectivity index (χ3v) is 6.02. The Morgan fingerprint density at radius 1 is 1.15 bits per heavy atom. The van der Waals surface area contributed by atoms with Crippen LogP contribution in [-0.4, -0.2) is 56.1 Å². The molecule has 0 atom stereocenters. The number of rotatable bonds is 11. The second-order valence-electron chi connectivity index (χ2n) is 8.42. The Kier molecular flexibility index (Phi) is 8.04. The Bertz CT molecular complexity index is 1130. The molecule has 0 saturated carbocycles. The zero-order valence-corrected chi connectivity index (χ0v) is 19.2. The maximum Gasteiger partial charge on any atom is 0.166 e. The number of allylic oxidation sites excluding steroid dienone is 1.